The molecule has 0 saturated heterocycles. The van der Waals surface area contributed by atoms with Gasteiger partial charge in [-0.15, -0.1) is 0 Å². The van der Waals surface area contributed by atoms with E-state index in [2.05, 4.69) is 17.4 Å². The number of fused-ring (bicyclic) bond motifs is 1. The highest BCUT2D eigenvalue weighted by molar-refractivity contribution is 6.32. The van der Waals surface area contributed by atoms with Crippen LogP contribution in [0.2, 0.25) is 5.02 Å². The van der Waals surface area contributed by atoms with Crippen molar-refractivity contribution in [1.82, 2.24) is 5.32 Å². The van der Waals surface area contributed by atoms with Crippen molar-refractivity contribution in [3.05, 3.63) is 64.7 Å². The monoisotopic (exact) mass is 315 g/mol. The van der Waals surface area contributed by atoms with Gasteiger partial charge in [-0.2, -0.15) is 0 Å². The first kappa shape index (κ1) is 14.9. The number of carbonyl (C=O) groups excluding carboxylic acids is 1. The minimum Gasteiger partial charge on any atom is -0.482 e. The fraction of sp³-hybridized carbons (Fsp3) is 0.278. The van der Waals surface area contributed by atoms with Gasteiger partial charge in [0.2, 0.25) is 0 Å². The summed E-state index contributed by atoms with van der Waals surface area (Å²) in [5.74, 6) is 0.407. The van der Waals surface area contributed by atoms with Gasteiger partial charge in [-0.3, -0.25) is 4.79 Å². The lowest BCUT2D eigenvalue weighted by Gasteiger charge is -2.26. The Kier molecular flexibility index (Phi) is 4.64. The molecule has 114 valence electrons. The number of aryl methyl sites for hydroxylation is 1. The van der Waals surface area contributed by atoms with E-state index in [9.17, 15) is 4.79 Å². The molecule has 3 nitrogen and oxygen atoms in total. The molecule has 1 atom stereocenters. The lowest BCUT2D eigenvalue weighted by atomic mass is 9.88. The summed E-state index contributed by atoms with van der Waals surface area (Å²) in [7, 11) is 0. The van der Waals surface area contributed by atoms with E-state index in [1.54, 1.807) is 12.1 Å². The van der Waals surface area contributed by atoms with Crippen molar-refractivity contribution >= 4 is 17.5 Å². The van der Waals surface area contributed by atoms with Crippen molar-refractivity contribution in [1.29, 1.82) is 0 Å². The summed E-state index contributed by atoms with van der Waals surface area (Å²) in [4.78, 5) is 12.1. The molecule has 1 N–H and O–H groups in total. The molecule has 1 aliphatic rings. The molecule has 1 unspecified atom stereocenters. The molecular formula is C18H18ClNO2. The van der Waals surface area contributed by atoms with Crippen LogP contribution in [0, 0.1) is 0 Å². The van der Waals surface area contributed by atoms with Crippen LogP contribution in [0.15, 0.2) is 48.5 Å². The van der Waals surface area contributed by atoms with Gasteiger partial charge in [0.05, 0.1) is 11.1 Å². The summed E-state index contributed by atoms with van der Waals surface area (Å²) in [5.41, 5.74) is 2.55. The van der Waals surface area contributed by atoms with Gasteiger partial charge in [0.25, 0.3) is 5.91 Å². The van der Waals surface area contributed by atoms with E-state index in [1.165, 1.54) is 11.1 Å². The molecular weight excluding hydrogens is 298 g/mol. The molecule has 0 radical (unpaired) electrons. The van der Waals surface area contributed by atoms with E-state index in [0.29, 0.717) is 10.8 Å². The number of benzene rings is 2. The van der Waals surface area contributed by atoms with Crippen LogP contribution >= 0.6 is 11.6 Å². The average molecular weight is 316 g/mol. The molecule has 22 heavy (non-hydrogen) atoms. The summed E-state index contributed by atoms with van der Waals surface area (Å²) in [6.45, 7) is -0.0254. The number of carbonyl (C=O) groups is 1. The summed E-state index contributed by atoms with van der Waals surface area (Å²) in [5, 5.41) is 3.57. The van der Waals surface area contributed by atoms with Crippen molar-refractivity contribution < 1.29 is 9.53 Å². The Hall–Kier alpha value is -2.00. The minimum atomic E-state index is -0.123. The van der Waals surface area contributed by atoms with E-state index in [-0.39, 0.29) is 18.6 Å². The first-order valence-electron chi connectivity index (χ1n) is 7.48. The average Bonchev–Trinajstić information content (AvgIpc) is 2.54. The van der Waals surface area contributed by atoms with Gasteiger partial charge in [-0.1, -0.05) is 48.0 Å². The van der Waals surface area contributed by atoms with Crippen LogP contribution in [-0.2, 0) is 11.2 Å². The Bertz CT molecular complexity index is 672. The molecule has 0 fully saturated rings. The molecule has 0 heterocycles. The van der Waals surface area contributed by atoms with Gasteiger partial charge in [0.15, 0.2) is 6.61 Å². The number of amides is 1. The number of ether oxygens (including phenoxy) is 1. The minimum absolute atomic E-state index is 0.0254. The van der Waals surface area contributed by atoms with E-state index in [4.69, 9.17) is 16.3 Å². The second kappa shape index (κ2) is 6.84. The summed E-state index contributed by atoms with van der Waals surface area (Å²) in [6.07, 6.45) is 3.14. The lowest BCUT2D eigenvalue weighted by molar-refractivity contribution is -0.123. The Balaban J connectivity index is 1.60. The van der Waals surface area contributed by atoms with Gasteiger partial charge in [-0.25, -0.2) is 0 Å². The van der Waals surface area contributed by atoms with Crippen molar-refractivity contribution in [3.63, 3.8) is 0 Å². The zero-order valence-corrected chi connectivity index (χ0v) is 13.0. The standard InChI is InChI=1S/C18H18ClNO2/c19-15-9-3-4-11-17(15)22-12-18(21)20-16-10-5-7-13-6-1-2-8-14(13)16/h1-4,6,8-9,11,16H,5,7,10,12H2,(H,20,21). The summed E-state index contributed by atoms with van der Waals surface area (Å²) >= 11 is 6.01. The number of hydrogen-bond acceptors (Lipinski definition) is 2. The van der Waals surface area contributed by atoms with Crippen LogP contribution in [-0.4, -0.2) is 12.5 Å². The molecule has 4 heteroatoms. The SMILES string of the molecule is O=C(COc1ccccc1Cl)NC1CCCc2ccccc21. The van der Waals surface area contributed by atoms with Crippen molar-refractivity contribution in [2.45, 2.75) is 25.3 Å². The highest BCUT2D eigenvalue weighted by Gasteiger charge is 2.21. The third-order valence-corrected chi connectivity index (χ3v) is 4.21. The molecule has 0 aromatic heterocycles. The number of hydrogen-bond donors (Lipinski definition) is 1. The fourth-order valence-electron chi connectivity index (χ4n) is 2.84. The molecule has 1 amide bonds. The van der Waals surface area contributed by atoms with E-state index >= 15 is 0 Å². The maximum atomic E-state index is 12.1. The Morgan fingerprint density at radius 1 is 1.18 bits per heavy atom. The Morgan fingerprint density at radius 2 is 1.95 bits per heavy atom. The highest BCUT2D eigenvalue weighted by Crippen LogP contribution is 2.29. The summed E-state index contributed by atoms with van der Waals surface area (Å²) < 4.78 is 5.48. The zero-order valence-electron chi connectivity index (χ0n) is 12.2. The number of rotatable bonds is 4. The van der Waals surface area contributed by atoms with Gasteiger partial charge in [0, 0.05) is 0 Å². The second-order valence-corrected chi connectivity index (χ2v) is 5.84. The molecule has 2 aromatic rings. The van der Waals surface area contributed by atoms with Crippen molar-refractivity contribution in [3.8, 4) is 5.75 Å². The van der Waals surface area contributed by atoms with Crippen LogP contribution in [0.1, 0.15) is 30.0 Å². The van der Waals surface area contributed by atoms with Crippen LogP contribution in [0.5, 0.6) is 5.75 Å². The normalized spacial score (nSPS) is 16.7. The molecule has 0 aliphatic heterocycles. The molecule has 0 saturated carbocycles. The first-order chi connectivity index (χ1) is 10.7. The van der Waals surface area contributed by atoms with Gasteiger partial charge >= 0.3 is 0 Å². The number of para-hydroxylation sites is 1. The molecule has 3 rings (SSSR count). The van der Waals surface area contributed by atoms with E-state index in [0.717, 1.165) is 19.3 Å². The number of halogens is 1. The maximum absolute atomic E-state index is 12.1. The van der Waals surface area contributed by atoms with Crippen LogP contribution in [0.3, 0.4) is 0 Å². The summed E-state index contributed by atoms with van der Waals surface area (Å²) in [6, 6.07) is 15.5. The second-order valence-electron chi connectivity index (χ2n) is 5.43. The molecule has 0 spiro atoms. The molecule has 0 bridgehead atoms. The Morgan fingerprint density at radius 3 is 2.82 bits per heavy atom. The molecule has 2 aromatic carbocycles. The zero-order chi connectivity index (χ0) is 15.4. The van der Waals surface area contributed by atoms with Crippen molar-refractivity contribution in [2.75, 3.05) is 6.61 Å². The largest absolute Gasteiger partial charge is 0.482 e. The fourth-order valence-corrected chi connectivity index (χ4v) is 3.04. The smallest absolute Gasteiger partial charge is 0.258 e. The van der Waals surface area contributed by atoms with Crippen molar-refractivity contribution in [2.24, 2.45) is 0 Å². The van der Waals surface area contributed by atoms with Gasteiger partial charge in [0.1, 0.15) is 5.75 Å². The predicted octanol–water partition coefficient (Wildman–Crippen LogP) is 3.91. The third-order valence-electron chi connectivity index (χ3n) is 3.90. The Labute approximate surface area is 135 Å². The quantitative estimate of drug-likeness (QED) is 0.929. The van der Waals surface area contributed by atoms with Gasteiger partial charge < -0.3 is 10.1 Å². The van der Waals surface area contributed by atoms with Crippen LogP contribution in [0.4, 0.5) is 0 Å². The maximum Gasteiger partial charge on any atom is 0.258 e. The van der Waals surface area contributed by atoms with E-state index in [1.807, 2.05) is 24.3 Å². The lowest BCUT2D eigenvalue weighted by Crippen LogP contribution is -2.34. The van der Waals surface area contributed by atoms with Gasteiger partial charge in [-0.05, 0) is 42.5 Å². The van der Waals surface area contributed by atoms with Crippen LogP contribution < -0.4 is 10.1 Å². The van der Waals surface area contributed by atoms with Crippen LogP contribution in [0.25, 0.3) is 0 Å². The predicted molar refractivity (Wildman–Crippen MR) is 87.2 cm³/mol. The first-order valence-corrected chi connectivity index (χ1v) is 7.86. The number of nitrogens with one attached hydrogen (secondary N) is 1. The highest BCUT2D eigenvalue weighted by atomic mass is 35.5. The topological polar surface area (TPSA) is 38.3 Å². The van der Waals surface area contributed by atoms with E-state index < -0.39 is 0 Å². The third kappa shape index (κ3) is 3.42. The molecule has 1 aliphatic carbocycles.